The number of nitrogens with one attached hydrogen (secondary N) is 2. The minimum Gasteiger partial charge on any atom is -0.358 e. The fourth-order valence-electron chi connectivity index (χ4n) is 3.47. The van der Waals surface area contributed by atoms with Gasteiger partial charge in [0.2, 0.25) is 5.91 Å². The maximum Gasteiger partial charge on any atom is 0.235 e. The molecular weight excluding hydrogens is 329 g/mol. The van der Waals surface area contributed by atoms with Crippen molar-refractivity contribution in [3.8, 4) is 0 Å². The first-order chi connectivity index (χ1) is 11.9. The molecule has 3 nitrogen and oxygen atoms in total. The van der Waals surface area contributed by atoms with Crippen molar-refractivity contribution in [1.82, 2.24) is 4.98 Å². The van der Waals surface area contributed by atoms with Gasteiger partial charge in [-0.2, -0.15) is 0 Å². The number of para-hydroxylation sites is 1. The van der Waals surface area contributed by atoms with Crippen LogP contribution in [-0.2, 0) is 10.2 Å². The highest BCUT2D eigenvalue weighted by Crippen LogP contribution is 2.52. The number of halogens is 3. The highest BCUT2D eigenvalue weighted by molar-refractivity contribution is 6.05. The zero-order valence-corrected chi connectivity index (χ0v) is 13.4. The zero-order chi connectivity index (χ0) is 17.8. The zero-order valence-electron chi connectivity index (χ0n) is 13.4. The summed E-state index contributed by atoms with van der Waals surface area (Å²) in [5.41, 5.74) is 1.55. The van der Waals surface area contributed by atoms with Gasteiger partial charge in [0.25, 0.3) is 0 Å². The van der Waals surface area contributed by atoms with Gasteiger partial charge in [-0.15, -0.1) is 0 Å². The third kappa shape index (κ3) is 2.32. The Bertz CT molecular complexity index is 1010. The third-order valence-electron chi connectivity index (χ3n) is 4.84. The minimum atomic E-state index is -1.59. The largest absolute Gasteiger partial charge is 0.358 e. The van der Waals surface area contributed by atoms with Gasteiger partial charge >= 0.3 is 0 Å². The lowest BCUT2D eigenvalue weighted by Crippen LogP contribution is -2.29. The van der Waals surface area contributed by atoms with Crippen LogP contribution in [0.4, 0.5) is 18.9 Å². The van der Waals surface area contributed by atoms with Crippen molar-refractivity contribution >= 4 is 22.5 Å². The average molecular weight is 344 g/mol. The SMILES string of the molecule is Cc1[nH]c2ccccc2c1C1(C(=O)Nc2ccc(F)c(F)c2F)CC1. The number of amides is 1. The summed E-state index contributed by atoms with van der Waals surface area (Å²) in [5, 5.41) is 3.37. The molecule has 1 heterocycles. The lowest BCUT2D eigenvalue weighted by Gasteiger charge is -2.17. The van der Waals surface area contributed by atoms with E-state index in [4.69, 9.17) is 0 Å². The average Bonchev–Trinajstić information content (AvgIpc) is 3.32. The van der Waals surface area contributed by atoms with Crippen LogP contribution in [-0.4, -0.2) is 10.9 Å². The molecule has 0 unspecified atom stereocenters. The molecule has 0 atom stereocenters. The summed E-state index contributed by atoms with van der Waals surface area (Å²) in [6, 6.07) is 9.48. The maximum absolute atomic E-state index is 13.9. The second-order valence-electron chi connectivity index (χ2n) is 6.43. The van der Waals surface area contributed by atoms with E-state index >= 15 is 0 Å². The molecule has 0 saturated heterocycles. The number of carbonyl (C=O) groups excluding carboxylic acids is 1. The summed E-state index contributed by atoms with van der Waals surface area (Å²) in [6.45, 7) is 1.89. The van der Waals surface area contributed by atoms with Gasteiger partial charge < -0.3 is 10.3 Å². The van der Waals surface area contributed by atoms with Crippen LogP contribution in [0.25, 0.3) is 10.9 Å². The van der Waals surface area contributed by atoms with Crippen molar-refractivity contribution < 1.29 is 18.0 Å². The van der Waals surface area contributed by atoms with Crippen LogP contribution >= 0.6 is 0 Å². The molecule has 0 radical (unpaired) electrons. The number of aromatic nitrogens is 1. The summed E-state index contributed by atoms with van der Waals surface area (Å²) in [5.74, 6) is -4.68. The molecule has 1 amide bonds. The van der Waals surface area contributed by atoms with E-state index in [0.29, 0.717) is 12.8 Å². The van der Waals surface area contributed by atoms with E-state index < -0.39 is 28.8 Å². The lowest BCUT2D eigenvalue weighted by molar-refractivity contribution is -0.118. The third-order valence-corrected chi connectivity index (χ3v) is 4.84. The molecule has 0 bridgehead atoms. The van der Waals surface area contributed by atoms with Crippen molar-refractivity contribution in [2.75, 3.05) is 5.32 Å². The molecule has 2 aromatic carbocycles. The van der Waals surface area contributed by atoms with E-state index in [2.05, 4.69) is 10.3 Å². The molecule has 1 aliphatic rings. The fraction of sp³-hybridized carbons (Fsp3) is 0.211. The van der Waals surface area contributed by atoms with Crippen LogP contribution in [0.5, 0.6) is 0 Å². The number of hydrogen-bond acceptors (Lipinski definition) is 1. The number of aromatic amines is 1. The molecule has 0 spiro atoms. The van der Waals surface area contributed by atoms with E-state index in [9.17, 15) is 18.0 Å². The fourth-order valence-corrected chi connectivity index (χ4v) is 3.47. The Hall–Kier alpha value is -2.76. The van der Waals surface area contributed by atoms with Gasteiger partial charge in [-0.25, -0.2) is 13.2 Å². The van der Waals surface area contributed by atoms with Gasteiger partial charge in [-0.05, 0) is 43.5 Å². The molecular formula is C19H15F3N2O. The Kier molecular flexibility index (Phi) is 3.39. The Balaban J connectivity index is 1.73. The van der Waals surface area contributed by atoms with Gasteiger partial charge in [0.1, 0.15) is 0 Å². The maximum atomic E-state index is 13.9. The molecule has 128 valence electrons. The first-order valence-corrected chi connectivity index (χ1v) is 7.97. The van der Waals surface area contributed by atoms with E-state index in [1.54, 1.807) is 0 Å². The van der Waals surface area contributed by atoms with Crippen molar-refractivity contribution in [1.29, 1.82) is 0 Å². The van der Waals surface area contributed by atoms with Gasteiger partial charge in [-0.1, -0.05) is 18.2 Å². The Morgan fingerprint density at radius 3 is 2.52 bits per heavy atom. The molecule has 1 aliphatic carbocycles. The topological polar surface area (TPSA) is 44.9 Å². The lowest BCUT2D eigenvalue weighted by atomic mass is 9.92. The Morgan fingerprint density at radius 2 is 1.80 bits per heavy atom. The normalized spacial score (nSPS) is 15.4. The number of hydrogen-bond donors (Lipinski definition) is 2. The molecule has 0 aliphatic heterocycles. The molecule has 3 aromatic rings. The molecule has 1 fully saturated rings. The smallest absolute Gasteiger partial charge is 0.235 e. The summed E-state index contributed by atoms with van der Waals surface area (Å²) >= 11 is 0. The second-order valence-corrected chi connectivity index (χ2v) is 6.43. The molecule has 1 aromatic heterocycles. The predicted molar refractivity (Wildman–Crippen MR) is 88.9 cm³/mol. The predicted octanol–water partition coefficient (Wildman–Crippen LogP) is 4.56. The van der Waals surface area contributed by atoms with Gasteiger partial charge in [0.05, 0.1) is 11.1 Å². The van der Waals surface area contributed by atoms with Crippen LogP contribution < -0.4 is 5.32 Å². The van der Waals surface area contributed by atoms with E-state index in [0.717, 1.165) is 34.3 Å². The van der Waals surface area contributed by atoms with Crippen molar-refractivity contribution in [2.45, 2.75) is 25.2 Å². The minimum absolute atomic E-state index is 0.354. The molecule has 2 N–H and O–H groups in total. The Morgan fingerprint density at radius 1 is 1.08 bits per heavy atom. The molecule has 25 heavy (non-hydrogen) atoms. The molecule has 6 heteroatoms. The first-order valence-electron chi connectivity index (χ1n) is 7.97. The molecule has 4 rings (SSSR count). The number of rotatable bonds is 3. The second kappa shape index (κ2) is 5.37. The van der Waals surface area contributed by atoms with Gasteiger partial charge in [-0.3, -0.25) is 4.79 Å². The number of aryl methyl sites for hydroxylation is 1. The van der Waals surface area contributed by atoms with Crippen LogP contribution in [0.1, 0.15) is 24.1 Å². The van der Waals surface area contributed by atoms with Gasteiger partial charge in [0, 0.05) is 16.6 Å². The summed E-state index contributed by atoms with van der Waals surface area (Å²) < 4.78 is 40.3. The quantitative estimate of drug-likeness (QED) is 0.672. The summed E-state index contributed by atoms with van der Waals surface area (Å²) in [6.07, 6.45) is 1.24. The van der Waals surface area contributed by atoms with E-state index in [1.165, 1.54) is 0 Å². The first kappa shape index (κ1) is 15.7. The van der Waals surface area contributed by atoms with E-state index in [1.807, 2.05) is 31.2 Å². The van der Waals surface area contributed by atoms with Crippen LogP contribution in [0, 0.1) is 24.4 Å². The van der Waals surface area contributed by atoms with Crippen molar-refractivity contribution in [3.05, 3.63) is 65.1 Å². The van der Waals surface area contributed by atoms with Crippen LogP contribution in [0.15, 0.2) is 36.4 Å². The Labute approximate surface area is 141 Å². The number of carbonyl (C=O) groups is 1. The highest BCUT2D eigenvalue weighted by Gasteiger charge is 2.53. The number of anilines is 1. The van der Waals surface area contributed by atoms with Crippen LogP contribution in [0.2, 0.25) is 0 Å². The summed E-state index contributed by atoms with van der Waals surface area (Å²) in [4.78, 5) is 16.1. The van der Waals surface area contributed by atoms with Crippen molar-refractivity contribution in [2.24, 2.45) is 0 Å². The monoisotopic (exact) mass is 344 g/mol. The highest BCUT2D eigenvalue weighted by atomic mass is 19.2. The van der Waals surface area contributed by atoms with Crippen LogP contribution in [0.3, 0.4) is 0 Å². The molecule has 1 saturated carbocycles. The number of H-pyrrole nitrogens is 1. The van der Waals surface area contributed by atoms with E-state index in [-0.39, 0.29) is 5.69 Å². The standard InChI is InChI=1S/C19H15F3N2O/c1-10-15(11-4-2-3-5-13(11)23-10)19(8-9-19)18(25)24-14-7-6-12(20)16(21)17(14)22/h2-7,23H,8-9H2,1H3,(H,24,25). The number of fused-ring (bicyclic) bond motifs is 1. The number of benzene rings is 2. The van der Waals surface area contributed by atoms with Crippen molar-refractivity contribution in [3.63, 3.8) is 0 Å². The van der Waals surface area contributed by atoms with Gasteiger partial charge in [0.15, 0.2) is 17.5 Å². The summed E-state index contributed by atoms with van der Waals surface area (Å²) in [7, 11) is 0.